The number of nitrogens with one attached hydrogen (secondary N) is 1. The van der Waals surface area contributed by atoms with Gasteiger partial charge in [0, 0.05) is 7.05 Å². The van der Waals surface area contributed by atoms with Gasteiger partial charge in [-0.1, -0.05) is 30.0 Å². The van der Waals surface area contributed by atoms with Crippen LogP contribution >= 0.6 is 23.1 Å². The van der Waals surface area contributed by atoms with Crippen LogP contribution in [0.15, 0.2) is 11.5 Å². The molecule has 0 unspecified atom stereocenters. The maximum atomic E-state index is 12.4. The standard InChI is InChI=1S/C13H18N6O3S2/c1-4-8(23-13-18-14-7-19(13)3)11(21)15-12-17-16-9(24-12)6-10(20)22-5-2/h7-8H,4-6H2,1-3H3,(H,15,17,21)/t8-/m0/s1. The Morgan fingerprint density at radius 1 is 1.38 bits per heavy atom. The first kappa shape index (κ1) is 18.3. The zero-order valence-electron chi connectivity index (χ0n) is 13.6. The number of anilines is 1. The summed E-state index contributed by atoms with van der Waals surface area (Å²) in [6.07, 6.45) is 2.25. The van der Waals surface area contributed by atoms with Crippen LogP contribution in [0.25, 0.3) is 0 Å². The first-order valence-corrected chi connectivity index (χ1v) is 9.02. The molecule has 0 saturated carbocycles. The van der Waals surface area contributed by atoms with Gasteiger partial charge in [0.05, 0.1) is 18.3 Å². The van der Waals surface area contributed by atoms with Gasteiger partial charge in [-0.15, -0.1) is 20.4 Å². The highest BCUT2D eigenvalue weighted by atomic mass is 32.2. The van der Waals surface area contributed by atoms with Crippen LogP contribution in [-0.2, 0) is 27.8 Å². The Labute approximate surface area is 147 Å². The molecule has 2 aromatic rings. The van der Waals surface area contributed by atoms with Gasteiger partial charge in [-0.25, -0.2) is 0 Å². The minimum Gasteiger partial charge on any atom is -0.466 e. The van der Waals surface area contributed by atoms with Gasteiger partial charge in [0.25, 0.3) is 0 Å². The molecule has 0 bridgehead atoms. The number of aromatic nitrogens is 5. The van der Waals surface area contributed by atoms with Crippen LogP contribution in [0.2, 0.25) is 0 Å². The van der Waals surface area contributed by atoms with E-state index in [1.165, 1.54) is 11.8 Å². The second-order valence-corrected chi connectivity index (χ2v) is 6.94. The Kier molecular flexibility index (Phi) is 6.67. The lowest BCUT2D eigenvalue weighted by Crippen LogP contribution is -2.24. The maximum Gasteiger partial charge on any atom is 0.312 e. The second-order valence-electron chi connectivity index (χ2n) is 4.71. The highest BCUT2D eigenvalue weighted by Crippen LogP contribution is 2.25. The largest absolute Gasteiger partial charge is 0.466 e. The van der Waals surface area contributed by atoms with Crippen LogP contribution in [0, 0.1) is 0 Å². The molecule has 1 atom stereocenters. The summed E-state index contributed by atoms with van der Waals surface area (Å²) in [7, 11) is 1.82. The highest BCUT2D eigenvalue weighted by molar-refractivity contribution is 8.00. The average molecular weight is 370 g/mol. The molecule has 24 heavy (non-hydrogen) atoms. The molecular weight excluding hydrogens is 352 g/mol. The molecule has 2 aromatic heterocycles. The number of amides is 1. The number of esters is 1. The van der Waals surface area contributed by atoms with Gasteiger partial charge in [0.15, 0.2) is 5.16 Å². The van der Waals surface area contributed by atoms with Crippen molar-refractivity contribution in [3.8, 4) is 0 Å². The molecule has 1 N–H and O–H groups in total. The van der Waals surface area contributed by atoms with Gasteiger partial charge < -0.3 is 9.30 Å². The van der Waals surface area contributed by atoms with Crippen LogP contribution < -0.4 is 5.32 Å². The molecular formula is C13H18N6O3S2. The van der Waals surface area contributed by atoms with E-state index >= 15 is 0 Å². The van der Waals surface area contributed by atoms with Gasteiger partial charge >= 0.3 is 5.97 Å². The number of rotatable bonds is 8. The van der Waals surface area contributed by atoms with Crippen molar-refractivity contribution in [2.24, 2.45) is 7.05 Å². The number of nitrogens with zero attached hydrogens (tertiary/aromatic N) is 5. The van der Waals surface area contributed by atoms with E-state index < -0.39 is 0 Å². The van der Waals surface area contributed by atoms with Crippen molar-refractivity contribution in [2.75, 3.05) is 11.9 Å². The van der Waals surface area contributed by atoms with E-state index in [4.69, 9.17) is 4.74 Å². The molecule has 1 amide bonds. The first-order chi connectivity index (χ1) is 11.5. The van der Waals surface area contributed by atoms with Crippen LogP contribution in [0.4, 0.5) is 5.13 Å². The van der Waals surface area contributed by atoms with Crippen molar-refractivity contribution < 1.29 is 14.3 Å². The minimum atomic E-state index is -0.365. The molecule has 0 aliphatic heterocycles. The van der Waals surface area contributed by atoms with Gasteiger partial charge in [-0.3, -0.25) is 14.9 Å². The Morgan fingerprint density at radius 2 is 2.17 bits per heavy atom. The molecule has 0 radical (unpaired) electrons. The molecule has 0 aromatic carbocycles. The van der Waals surface area contributed by atoms with E-state index in [1.54, 1.807) is 17.8 Å². The lowest BCUT2D eigenvalue weighted by molar-refractivity contribution is -0.142. The molecule has 2 rings (SSSR count). The molecule has 0 saturated heterocycles. The Hall–Kier alpha value is -2.01. The third-order valence-electron chi connectivity index (χ3n) is 2.88. The summed E-state index contributed by atoms with van der Waals surface area (Å²) in [6.45, 7) is 3.97. The third kappa shape index (κ3) is 4.99. The quantitative estimate of drug-likeness (QED) is 0.546. The van der Waals surface area contributed by atoms with Gasteiger partial charge in [-0.05, 0) is 13.3 Å². The van der Waals surface area contributed by atoms with E-state index in [9.17, 15) is 9.59 Å². The number of ether oxygens (including phenoxy) is 1. The summed E-state index contributed by atoms with van der Waals surface area (Å²) >= 11 is 2.49. The van der Waals surface area contributed by atoms with E-state index in [-0.39, 0.29) is 23.5 Å². The SMILES string of the molecule is CCOC(=O)Cc1nnc(NC(=O)[C@H](CC)Sc2nncn2C)s1. The number of thioether (sulfide) groups is 1. The molecule has 11 heteroatoms. The average Bonchev–Trinajstić information content (AvgIpc) is 3.14. The lowest BCUT2D eigenvalue weighted by atomic mass is 10.3. The van der Waals surface area contributed by atoms with Gasteiger partial charge in [0.1, 0.15) is 11.3 Å². The number of hydrogen-bond acceptors (Lipinski definition) is 9. The van der Waals surface area contributed by atoms with E-state index in [2.05, 4.69) is 25.7 Å². The predicted molar refractivity (Wildman–Crippen MR) is 89.8 cm³/mol. The summed E-state index contributed by atoms with van der Waals surface area (Å²) in [5.41, 5.74) is 0. The van der Waals surface area contributed by atoms with E-state index in [0.717, 1.165) is 11.3 Å². The fourth-order valence-corrected chi connectivity index (χ4v) is 3.35. The highest BCUT2D eigenvalue weighted by Gasteiger charge is 2.22. The fourth-order valence-electron chi connectivity index (χ4n) is 1.73. The molecule has 9 nitrogen and oxygen atoms in total. The van der Waals surface area contributed by atoms with Gasteiger partial charge in [-0.2, -0.15) is 0 Å². The third-order valence-corrected chi connectivity index (χ3v) is 5.13. The summed E-state index contributed by atoms with van der Waals surface area (Å²) < 4.78 is 6.61. The topological polar surface area (TPSA) is 112 Å². The van der Waals surface area contributed by atoms with Crippen LogP contribution in [0.1, 0.15) is 25.3 Å². The minimum absolute atomic E-state index is 0.0479. The molecule has 0 aliphatic rings. The normalized spacial score (nSPS) is 12.0. The van der Waals surface area contributed by atoms with Crippen molar-refractivity contribution in [3.63, 3.8) is 0 Å². The lowest BCUT2D eigenvalue weighted by Gasteiger charge is -2.12. The zero-order valence-corrected chi connectivity index (χ0v) is 15.2. The second kappa shape index (κ2) is 8.73. The first-order valence-electron chi connectivity index (χ1n) is 7.33. The smallest absolute Gasteiger partial charge is 0.312 e. The molecule has 130 valence electrons. The van der Waals surface area contributed by atoms with Crippen molar-refractivity contribution in [2.45, 2.75) is 37.1 Å². The van der Waals surface area contributed by atoms with Crippen molar-refractivity contribution in [1.29, 1.82) is 0 Å². The Bertz CT molecular complexity index is 701. The Morgan fingerprint density at radius 3 is 2.79 bits per heavy atom. The molecule has 2 heterocycles. The molecule has 0 fully saturated rings. The molecule has 0 spiro atoms. The predicted octanol–water partition coefficient (Wildman–Crippen LogP) is 1.28. The summed E-state index contributed by atoms with van der Waals surface area (Å²) in [4.78, 5) is 23.8. The Balaban J connectivity index is 1.94. The van der Waals surface area contributed by atoms with Crippen molar-refractivity contribution >= 4 is 40.1 Å². The van der Waals surface area contributed by atoms with Crippen LogP contribution in [0.3, 0.4) is 0 Å². The zero-order chi connectivity index (χ0) is 17.5. The summed E-state index contributed by atoms with van der Waals surface area (Å²) in [5, 5.41) is 19.5. The van der Waals surface area contributed by atoms with E-state index in [1.807, 2.05) is 14.0 Å². The maximum absolute atomic E-state index is 12.4. The molecule has 0 aliphatic carbocycles. The van der Waals surface area contributed by atoms with Crippen molar-refractivity contribution in [3.05, 3.63) is 11.3 Å². The van der Waals surface area contributed by atoms with Gasteiger partial charge in [0.2, 0.25) is 11.0 Å². The van der Waals surface area contributed by atoms with E-state index in [0.29, 0.717) is 28.3 Å². The van der Waals surface area contributed by atoms with Crippen molar-refractivity contribution in [1.82, 2.24) is 25.0 Å². The number of carbonyl (C=O) groups is 2. The van der Waals surface area contributed by atoms with Crippen LogP contribution in [0.5, 0.6) is 0 Å². The number of carbonyl (C=O) groups excluding carboxylic acids is 2. The monoisotopic (exact) mass is 370 g/mol. The number of hydrogen-bond donors (Lipinski definition) is 1. The summed E-state index contributed by atoms with van der Waals surface area (Å²) in [6, 6.07) is 0. The summed E-state index contributed by atoms with van der Waals surface area (Å²) in [5.74, 6) is -0.555. The number of aryl methyl sites for hydroxylation is 1. The fraction of sp³-hybridized carbons (Fsp3) is 0.538. The van der Waals surface area contributed by atoms with Crippen LogP contribution in [-0.4, -0.2) is 48.7 Å².